The number of hydrogen-bond donors (Lipinski definition) is 2. The molecule has 1 heterocycles. The molecule has 1 aliphatic carbocycles. The molecule has 0 aliphatic heterocycles. The van der Waals surface area contributed by atoms with Gasteiger partial charge in [0.2, 0.25) is 5.95 Å². The monoisotopic (exact) mass is 360 g/mol. The second-order valence-corrected chi connectivity index (χ2v) is 6.37. The van der Waals surface area contributed by atoms with Crippen LogP contribution in [0.25, 0.3) is 11.3 Å². The van der Waals surface area contributed by atoms with Gasteiger partial charge in [0.15, 0.2) is 0 Å². The number of nitrogens with two attached hydrogens (primary N) is 1. The molecule has 3 N–H and O–H groups in total. The molecule has 1 aromatic carbocycles. The minimum absolute atomic E-state index is 0.230. The minimum Gasteiger partial charge on any atom is -0.364 e. The Morgan fingerprint density at radius 2 is 1.86 bits per heavy atom. The van der Waals surface area contributed by atoms with Crippen LogP contribution in [0.4, 0.5) is 5.95 Å². The third-order valence-corrected chi connectivity index (χ3v) is 4.34. The summed E-state index contributed by atoms with van der Waals surface area (Å²) in [4.78, 5) is 20.3. The van der Waals surface area contributed by atoms with Crippen molar-refractivity contribution in [3.63, 3.8) is 0 Å². The predicted molar refractivity (Wildman–Crippen MR) is 89.6 cm³/mol. The Kier molecular flexibility index (Phi) is 4.38. The molecule has 0 saturated heterocycles. The van der Waals surface area contributed by atoms with E-state index in [2.05, 4.69) is 31.2 Å². The minimum atomic E-state index is -0.546. The van der Waals surface area contributed by atoms with Crippen molar-refractivity contribution in [1.82, 2.24) is 9.97 Å². The zero-order chi connectivity index (χ0) is 15.5. The zero-order valence-corrected chi connectivity index (χ0v) is 13.6. The molecule has 114 valence electrons. The Morgan fingerprint density at radius 1 is 1.18 bits per heavy atom. The molecule has 5 nitrogen and oxygen atoms in total. The van der Waals surface area contributed by atoms with E-state index in [4.69, 9.17) is 5.73 Å². The third kappa shape index (κ3) is 3.44. The first kappa shape index (κ1) is 15.0. The molecule has 1 saturated carbocycles. The highest BCUT2D eigenvalue weighted by atomic mass is 79.9. The fraction of sp³-hybridized carbons (Fsp3) is 0.312. The number of halogens is 1. The average molecular weight is 361 g/mol. The van der Waals surface area contributed by atoms with E-state index in [9.17, 15) is 4.79 Å². The smallest absolute Gasteiger partial charge is 0.267 e. The van der Waals surface area contributed by atoms with Crippen molar-refractivity contribution >= 4 is 27.8 Å². The Balaban J connectivity index is 1.95. The average Bonchev–Trinajstić information content (AvgIpc) is 3.00. The normalized spacial score (nSPS) is 15.0. The fourth-order valence-electron chi connectivity index (χ4n) is 2.66. The highest BCUT2D eigenvalue weighted by Crippen LogP contribution is 2.24. The van der Waals surface area contributed by atoms with Crippen LogP contribution in [-0.4, -0.2) is 21.9 Å². The van der Waals surface area contributed by atoms with Gasteiger partial charge in [-0.25, -0.2) is 9.97 Å². The molecule has 1 aromatic heterocycles. The van der Waals surface area contributed by atoms with E-state index in [1.54, 1.807) is 6.07 Å². The number of hydrogen-bond acceptors (Lipinski definition) is 4. The van der Waals surface area contributed by atoms with Crippen LogP contribution in [0, 0.1) is 0 Å². The third-order valence-electron chi connectivity index (χ3n) is 3.81. The van der Waals surface area contributed by atoms with Crippen LogP contribution >= 0.6 is 15.9 Å². The summed E-state index contributed by atoms with van der Waals surface area (Å²) < 4.78 is 0.990. The van der Waals surface area contributed by atoms with E-state index in [0.29, 0.717) is 17.7 Å². The van der Waals surface area contributed by atoms with Gasteiger partial charge in [-0.15, -0.1) is 0 Å². The van der Waals surface area contributed by atoms with Crippen LogP contribution in [0.3, 0.4) is 0 Å². The molecule has 1 aliphatic rings. The fourth-order valence-corrected chi connectivity index (χ4v) is 2.92. The number of amides is 1. The van der Waals surface area contributed by atoms with Crippen molar-refractivity contribution < 1.29 is 4.79 Å². The van der Waals surface area contributed by atoms with E-state index in [1.165, 1.54) is 12.8 Å². The van der Waals surface area contributed by atoms with Crippen LogP contribution < -0.4 is 11.1 Å². The maximum absolute atomic E-state index is 11.5. The second-order valence-electron chi connectivity index (χ2n) is 5.46. The number of rotatable bonds is 4. The Labute approximate surface area is 137 Å². The first-order chi connectivity index (χ1) is 10.6. The van der Waals surface area contributed by atoms with Gasteiger partial charge in [-0.1, -0.05) is 40.9 Å². The summed E-state index contributed by atoms with van der Waals surface area (Å²) in [6.45, 7) is 0. The van der Waals surface area contributed by atoms with Crippen LogP contribution in [0.2, 0.25) is 0 Å². The zero-order valence-electron chi connectivity index (χ0n) is 12.1. The topological polar surface area (TPSA) is 80.9 Å². The predicted octanol–water partition coefficient (Wildman–Crippen LogP) is 3.36. The van der Waals surface area contributed by atoms with Gasteiger partial charge in [-0.2, -0.15) is 0 Å². The molecule has 0 spiro atoms. The Hall–Kier alpha value is -1.95. The van der Waals surface area contributed by atoms with Gasteiger partial charge >= 0.3 is 0 Å². The van der Waals surface area contributed by atoms with Crippen LogP contribution in [0.15, 0.2) is 34.8 Å². The summed E-state index contributed by atoms with van der Waals surface area (Å²) in [7, 11) is 0. The number of nitrogens with one attached hydrogen (secondary N) is 1. The molecule has 1 fully saturated rings. The lowest BCUT2D eigenvalue weighted by atomic mass is 10.1. The van der Waals surface area contributed by atoms with Crippen LogP contribution in [0.5, 0.6) is 0 Å². The number of primary amides is 1. The summed E-state index contributed by atoms with van der Waals surface area (Å²) in [5.74, 6) is -0.0728. The second kappa shape index (κ2) is 6.44. The number of aromatic nitrogens is 2. The molecule has 0 unspecified atom stereocenters. The highest BCUT2D eigenvalue weighted by Gasteiger charge is 2.17. The van der Waals surface area contributed by atoms with E-state index in [-0.39, 0.29) is 5.69 Å². The first-order valence-electron chi connectivity index (χ1n) is 7.33. The highest BCUT2D eigenvalue weighted by molar-refractivity contribution is 9.10. The lowest BCUT2D eigenvalue weighted by Crippen LogP contribution is -2.20. The summed E-state index contributed by atoms with van der Waals surface area (Å²) >= 11 is 3.41. The quantitative estimate of drug-likeness (QED) is 0.875. The van der Waals surface area contributed by atoms with Gasteiger partial charge in [-0.05, 0) is 31.0 Å². The molecular formula is C16H17BrN4O. The van der Waals surface area contributed by atoms with Crippen molar-refractivity contribution in [2.45, 2.75) is 31.7 Å². The summed E-state index contributed by atoms with van der Waals surface area (Å²) in [5.41, 5.74) is 7.24. The van der Waals surface area contributed by atoms with Crippen LogP contribution in [-0.2, 0) is 0 Å². The van der Waals surface area contributed by atoms with Crippen molar-refractivity contribution in [3.05, 3.63) is 40.5 Å². The summed E-state index contributed by atoms with van der Waals surface area (Å²) in [6.07, 6.45) is 4.65. The van der Waals surface area contributed by atoms with Crippen molar-refractivity contribution in [1.29, 1.82) is 0 Å². The van der Waals surface area contributed by atoms with Gasteiger partial charge in [0.05, 0.1) is 5.69 Å². The molecular weight excluding hydrogens is 344 g/mol. The first-order valence-corrected chi connectivity index (χ1v) is 8.12. The van der Waals surface area contributed by atoms with Gasteiger partial charge in [0.25, 0.3) is 5.91 Å². The standard InChI is InChI=1S/C16H17BrN4O/c17-11-7-5-10(6-8-11)13-9-14(15(18)22)21-16(20-13)19-12-3-1-2-4-12/h5-9,12H,1-4H2,(H2,18,22)(H,19,20,21). The summed E-state index contributed by atoms with van der Waals surface area (Å²) in [5, 5.41) is 3.32. The molecule has 2 aromatic rings. The van der Waals surface area contributed by atoms with E-state index in [1.807, 2.05) is 24.3 Å². The Bertz CT molecular complexity index is 681. The molecule has 3 rings (SSSR count). The molecule has 0 bridgehead atoms. The van der Waals surface area contributed by atoms with Gasteiger partial charge in [0.1, 0.15) is 5.69 Å². The number of anilines is 1. The van der Waals surface area contributed by atoms with E-state index >= 15 is 0 Å². The number of benzene rings is 1. The maximum atomic E-state index is 11.5. The van der Waals surface area contributed by atoms with Gasteiger partial charge in [-0.3, -0.25) is 4.79 Å². The van der Waals surface area contributed by atoms with E-state index < -0.39 is 5.91 Å². The largest absolute Gasteiger partial charge is 0.364 e. The van der Waals surface area contributed by atoms with Gasteiger partial charge < -0.3 is 11.1 Å². The molecule has 6 heteroatoms. The van der Waals surface area contributed by atoms with Gasteiger partial charge in [0, 0.05) is 16.1 Å². The molecule has 1 amide bonds. The molecule has 0 radical (unpaired) electrons. The SMILES string of the molecule is NC(=O)c1cc(-c2ccc(Br)cc2)nc(NC2CCCC2)n1. The number of carbonyl (C=O) groups excluding carboxylic acids is 1. The van der Waals surface area contributed by atoms with E-state index in [0.717, 1.165) is 22.9 Å². The molecule has 22 heavy (non-hydrogen) atoms. The summed E-state index contributed by atoms with van der Waals surface area (Å²) in [6, 6.07) is 9.76. The Morgan fingerprint density at radius 3 is 2.50 bits per heavy atom. The number of nitrogens with zero attached hydrogens (tertiary/aromatic N) is 2. The number of carbonyl (C=O) groups is 1. The van der Waals surface area contributed by atoms with Crippen molar-refractivity contribution in [2.75, 3.05) is 5.32 Å². The van der Waals surface area contributed by atoms with Crippen molar-refractivity contribution in [2.24, 2.45) is 5.73 Å². The lowest BCUT2D eigenvalue weighted by molar-refractivity contribution is 0.0995. The van der Waals surface area contributed by atoms with Crippen molar-refractivity contribution in [3.8, 4) is 11.3 Å². The maximum Gasteiger partial charge on any atom is 0.267 e. The lowest BCUT2D eigenvalue weighted by Gasteiger charge is -2.13. The molecule has 0 atom stereocenters. The van der Waals surface area contributed by atoms with Crippen LogP contribution in [0.1, 0.15) is 36.2 Å².